The highest BCUT2D eigenvalue weighted by Gasteiger charge is 2.55. The van der Waals surface area contributed by atoms with Gasteiger partial charge < -0.3 is 64.3 Å². The number of hydrogen-bond donors (Lipinski definition) is 6. The lowest BCUT2D eigenvalue weighted by molar-refractivity contribution is -0.303. The zero-order valence-electron chi connectivity index (χ0n) is 45.5. The van der Waals surface area contributed by atoms with Crippen LogP contribution in [0.25, 0.3) is 0 Å². The molecule has 19 atom stereocenters. The minimum Gasteiger partial charge on any atom is -0.459 e. The number of cyclic esters (lactones) is 1. The van der Waals surface area contributed by atoms with Gasteiger partial charge in [-0.1, -0.05) is 63.0 Å². The van der Waals surface area contributed by atoms with Crippen molar-refractivity contribution in [3.8, 4) is 0 Å². The van der Waals surface area contributed by atoms with Crippen LogP contribution in [0.15, 0.2) is 29.2 Å². The Balaban J connectivity index is 1.63. The summed E-state index contributed by atoms with van der Waals surface area (Å²) in [6.07, 6.45) is -6.88. The lowest BCUT2D eigenvalue weighted by atomic mass is 9.68. The van der Waals surface area contributed by atoms with Crippen molar-refractivity contribution >= 4 is 44.9 Å². The summed E-state index contributed by atoms with van der Waals surface area (Å²) in [6, 6.07) is 3.80. The van der Waals surface area contributed by atoms with E-state index < -0.39 is 141 Å². The van der Waals surface area contributed by atoms with Crippen LogP contribution < -0.4 is 5.32 Å². The van der Waals surface area contributed by atoms with E-state index in [-0.39, 0.29) is 49.3 Å². The molecule has 3 aliphatic rings. The molecule has 1 amide bonds. The van der Waals surface area contributed by atoms with Gasteiger partial charge in [0.05, 0.1) is 52.5 Å². The topological polar surface area (TPSA) is 234 Å². The van der Waals surface area contributed by atoms with E-state index >= 15 is 0 Å². The average Bonchev–Trinajstić information content (AvgIpc) is 3.30. The van der Waals surface area contributed by atoms with Gasteiger partial charge in [0.15, 0.2) is 20.5 Å². The largest absolute Gasteiger partial charge is 0.459 e. The Morgan fingerprint density at radius 1 is 1.03 bits per heavy atom. The average molecular weight is 1100 g/mol. The van der Waals surface area contributed by atoms with E-state index in [1.54, 1.807) is 60.7 Å². The summed E-state index contributed by atoms with van der Waals surface area (Å²) < 4.78 is 68.0. The van der Waals surface area contributed by atoms with Crippen LogP contribution >= 0.6 is 23.2 Å². The number of benzene rings is 1. The fourth-order valence-electron chi connectivity index (χ4n) is 11.6. The molecule has 17 nitrogen and oxygen atoms in total. The molecular formula is C52H88Cl2FN3O14S. The van der Waals surface area contributed by atoms with E-state index in [1.807, 2.05) is 37.6 Å². The maximum Gasteiger partial charge on any atom is 0.309 e. The summed E-state index contributed by atoms with van der Waals surface area (Å²) in [7, 11) is 1.69. The Bertz CT molecular complexity index is 2060. The molecule has 0 aromatic heterocycles. The number of nitrogens with one attached hydrogen (secondary N) is 1. The summed E-state index contributed by atoms with van der Waals surface area (Å²) in [5, 5.41) is 62.6. The van der Waals surface area contributed by atoms with Crippen LogP contribution in [-0.4, -0.2) is 197 Å². The number of likely N-dealkylation sites (N-methyl/N-ethyl adjacent to an activating group) is 2. The molecular weight excluding hydrogens is 1010 g/mol. The van der Waals surface area contributed by atoms with E-state index in [1.165, 1.54) is 26.2 Å². The van der Waals surface area contributed by atoms with Crippen molar-refractivity contribution in [3.63, 3.8) is 0 Å². The second-order valence-corrected chi connectivity index (χ2v) is 26.0. The lowest BCUT2D eigenvalue weighted by Crippen LogP contribution is -2.62. The highest BCUT2D eigenvalue weighted by atomic mass is 35.5. The van der Waals surface area contributed by atoms with Gasteiger partial charge >= 0.3 is 5.97 Å². The van der Waals surface area contributed by atoms with Gasteiger partial charge in [-0.3, -0.25) is 9.59 Å². The molecule has 3 saturated heterocycles. The van der Waals surface area contributed by atoms with Gasteiger partial charge in [-0.05, 0) is 130 Å². The molecule has 6 N–H and O–H groups in total. The molecule has 3 fully saturated rings. The molecule has 422 valence electrons. The maximum absolute atomic E-state index is 14.6. The Morgan fingerprint density at radius 2 is 1.64 bits per heavy atom. The second kappa shape index (κ2) is 25.8. The number of sulfone groups is 1. The number of ether oxygens (including phenoxy) is 5. The number of hydrogen-bond acceptors (Lipinski definition) is 16. The van der Waals surface area contributed by atoms with Crippen LogP contribution in [-0.2, 0) is 49.5 Å². The number of carbonyl (C=O) groups is 2. The molecule has 0 bridgehead atoms. The number of carbonyl (C=O) groups excluding carboxylic acids is 2. The number of aliphatic hydroxyl groups is 5. The van der Waals surface area contributed by atoms with Gasteiger partial charge in [0, 0.05) is 44.3 Å². The summed E-state index contributed by atoms with van der Waals surface area (Å²) >= 11 is 13.2. The number of halogens is 3. The summed E-state index contributed by atoms with van der Waals surface area (Å²) in [5.41, 5.74) is -4.01. The van der Waals surface area contributed by atoms with E-state index in [0.717, 1.165) is 6.26 Å². The van der Waals surface area contributed by atoms with E-state index in [9.17, 15) is 47.9 Å². The van der Waals surface area contributed by atoms with Gasteiger partial charge in [-0.25, -0.2) is 12.8 Å². The van der Waals surface area contributed by atoms with E-state index in [4.69, 9.17) is 46.9 Å². The zero-order chi connectivity index (χ0) is 55.3. The molecule has 0 saturated carbocycles. The van der Waals surface area contributed by atoms with Crippen LogP contribution in [0.4, 0.5) is 4.39 Å². The van der Waals surface area contributed by atoms with Gasteiger partial charge in [-0.15, -0.1) is 0 Å². The van der Waals surface area contributed by atoms with Crippen molar-refractivity contribution in [1.29, 1.82) is 0 Å². The number of aliphatic hydroxyl groups excluding tert-OH is 3. The van der Waals surface area contributed by atoms with Crippen molar-refractivity contribution < 1.29 is 71.6 Å². The van der Waals surface area contributed by atoms with Gasteiger partial charge in [0.2, 0.25) is 0 Å². The van der Waals surface area contributed by atoms with Gasteiger partial charge in [0.25, 0.3) is 5.91 Å². The first kappa shape index (κ1) is 63.7. The number of nitrogens with zero attached hydrogens (tertiary/aromatic N) is 2. The number of amides is 1. The SMILES string of the molecule is CC[C@H]1OC(=O)[C@H](C)[C@@H](C2C[C@@](C)(OC)[C@@H](O)[C@H](C)O2)[C@H](C)[C@@H](O[C@@H]2O[C@H](C)C[C@H](N(C)CCCC(Cl)(Cl)C(=O)N[C@H](CF)Cc3ccc(S(C)(=O)=O)cc3)[C@H]2O)[C@](C)(O)C[C@@H](C)CN(C)[C@H](C)[C@@H](O)[C@]1(C)O. The molecule has 1 aromatic rings. The van der Waals surface area contributed by atoms with Gasteiger partial charge in [-0.2, -0.15) is 0 Å². The van der Waals surface area contributed by atoms with Crippen molar-refractivity contribution in [2.24, 2.45) is 23.7 Å². The maximum atomic E-state index is 14.6. The van der Waals surface area contributed by atoms with Crippen LogP contribution in [0.1, 0.15) is 113 Å². The second-order valence-electron chi connectivity index (χ2n) is 22.5. The standard InChI is InChI=1S/C52H88Cl2FN3O14S/c1-15-40-51(10,65)43(60)33(6)58(12)28-29(2)25-49(8,64)45(31(4)41(32(5)46(62)71-40)39-26-50(9,68-13)44(61)34(7)70-39)72-47-42(59)38(23-30(3)69-47)57(11)22-16-21-52(53,54)48(63)56-36(27-55)24-35-17-19-37(20-18-35)73(14,66)67/h17-20,29-34,36,38-45,47,59-61,64-65H,15-16,21-28H2,1-14H3,(H,56,63)/t29-,30-,31+,32-,33-,34+,36+,38+,39?,40-,41+,42-,43-,44+,45-,47+,49-,50-,51-/m1/s1. The Kier molecular flexibility index (Phi) is 22.5. The first-order valence-corrected chi connectivity index (χ1v) is 28.4. The molecule has 21 heteroatoms. The van der Waals surface area contributed by atoms with Crippen molar-refractivity contribution in [3.05, 3.63) is 29.8 Å². The third-order valence-corrected chi connectivity index (χ3v) is 18.0. The third kappa shape index (κ3) is 15.7. The summed E-state index contributed by atoms with van der Waals surface area (Å²) in [6.45, 7) is 17.3. The van der Waals surface area contributed by atoms with Crippen molar-refractivity contribution in [2.45, 2.75) is 213 Å². The van der Waals surface area contributed by atoms with E-state index in [0.29, 0.717) is 25.1 Å². The Hall–Kier alpha value is -1.82. The third-order valence-electron chi connectivity index (χ3n) is 16.2. The summed E-state index contributed by atoms with van der Waals surface area (Å²) in [5.74, 6) is -4.22. The molecule has 1 unspecified atom stereocenters. The van der Waals surface area contributed by atoms with Crippen LogP contribution in [0, 0.1) is 23.7 Å². The van der Waals surface area contributed by atoms with Crippen LogP contribution in [0.5, 0.6) is 0 Å². The Labute approximate surface area is 444 Å². The number of alkyl halides is 3. The highest BCUT2D eigenvalue weighted by Crippen LogP contribution is 2.45. The van der Waals surface area contributed by atoms with Crippen molar-refractivity contribution in [1.82, 2.24) is 15.1 Å². The normalized spacial score (nSPS) is 39.5. The first-order valence-electron chi connectivity index (χ1n) is 25.8. The number of rotatable bonds is 16. The highest BCUT2D eigenvalue weighted by molar-refractivity contribution is 7.90. The minimum absolute atomic E-state index is 0.0315. The smallest absolute Gasteiger partial charge is 0.309 e. The predicted molar refractivity (Wildman–Crippen MR) is 277 cm³/mol. The fraction of sp³-hybridized carbons (Fsp3) is 0.846. The summed E-state index contributed by atoms with van der Waals surface area (Å²) in [4.78, 5) is 31.8. The van der Waals surface area contributed by atoms with Crippen LogP contribution in [0.3, 0.4) is 0 Å². The molecule has 0 spiro atoms. The van der Waals surface area contributed by atoms with E-state index in [2.05, 4.69) is 5.32 Å². The molecule has 1 aromatic carbocycles. The molecule has 0 aliphatic carbocycles. The molecule has 0 radical (unpaired) electrons. The monoisotopic (exact) mass is 1100 g/mol. The molecule has 4 rings (SSSR count). The molecule has 3 heterocycles. The minimum atomic E-state index is -3.43. The quantitative estimate of drug-likeness (QED) is 0.0981. The first-order chi connectivity index (χ1) is 33.6. The number of methoxy groups -OCH3 is 1. The lowest BCUT2D eigenvalue weighted by Gasteiger charge is -2.51. The molecule has 73 heavy (non-hydrogen) atoms. The fourth-order valence-corrected chi connectivity index (χ4v) is 12.6. The molecule has 3 aliphatic heterocycles. The number of esters is 1. The predicted octanol–water partition coefficient (Wildman–Crippen LogP) is 4.60. The Morgan fingerprint density at radius 3 is 2.21 bits per heavy atom. The van der Waals surface area contributed by atoms with Crippen LogP contribution in [0.2, 0.25) is 0 Å². The zero-order valence-corrected chi connectivity index (χ0v) is 47.8. The van der Waals surface area contributed by atoms with Crippen molar-refractivity contribution in [2.75, 3.05) is 47.2 Å². The van der Waals surface area contributed by atoms with Gasteiger partial charge in [0.1, 0.15) is 36.7 Å².